The van der Waals surface area contributed by atoms with Crippen LogP contribution in [0.2, 0.25) is 0 Å². The second-order valence-corrected chi connectivity index (χ2v) is 3.96. The molecule has 1 radical (unpaired) electrons. The summed E-state index contributed by atoms with van der Waals surface area (Å²) >= 11 is 0. The quantitative estimate of drug-likeness (QED) is 0.361. The third-order valence-electron chi connectivity index (χ3n) is 2.38. The first kappa shape index (κ1) is 15.7. The van der Waals surface area contributed by atoms with E-state index in [1.807, 2.05) is 6.92 Å². The van der Waals surface area contributed by atoms with Crippen molar-refractivity contribution in [2.75, 3.05) is 6.79 Å². The molecule has 0 heterocycles. The largest absolute Gasteiger partial charge is 0.428 e. The van der Waals surface area contributed by atoms with E-state index in [-0.39, 0.29) is 5.84 Å². The van der Waals surface area contributed by atoms with Crippen molar-refractivity contribution in [1.29, 1.82) is 5.41 Å². The number of rotatable bonds is 6. The van der Waals surface area contributed by atoms with Gasteiger partial charge >= 0.3 is 12.1 Å². The highest BCUT2D eigenvalue weighted by Crippen LogP contribution is 1.98. The van der Waals surface area contributed by atoms with Crippen LogP contribution in [0.25, 0.3) is 0 Å². The van der Waals surface area contributed by atoms with Gasteiger partial charge in [-0.3, -0.25) is 15.5 Å². The van der Waals surface area contributed by atoms with Gasteiger partial charge in [-0.25, -0.2) is 4.79 Å². The van der Waals surface area contributed by atoms with Crippen LogP contribution in [-0.2, 0) is 14.3 Å². The van der Waals surface area contributed by atoms with Gasteiger partial charge in [-0.15, -0.1) is 0 Å². The summed E-state index contributed by atoms with van der Waals surface area (Å²) in [7, 11) is 0. The molecule has 0 aliphatic carbocycles. The fourth-order valence-corrected chi connectivity index (χ4v) is 1.31. The number of benzene rings is 1. The fraction of sp³-hybridized carbons (Fsp3) is 0.357. The molecule has 0 aliphatic heterocycles. The summed E-state index contributed by atoms with van der Waals surface area (Å²) in [6, 6.07) is 9.33. The van der Waals surface area contributed by atoms with Crippen LogP contribution in [0.15, 0.2) is 24.3 Å². The molecule has 0 atom stereocenters. The minimum atomic E-state index is -0.842. The Morgan fingerprint density at radius 2 is 2.00 bits per heavy atom. The lowest BCUT2D eigenvalue weighted by Gasteiger charge is -2.08. The Morgan fingerprint density at radius 3 is 2.65 bits per heavy atom. The van der Waals surface area contributed by atoms with Gasteiger partial charge in [0.05, 0.1) is 0 Å². The zero-order valence-electron chi connectivity index (χ0n) is 11.3. The molecular formula is C14H17N2O4. The highest BCUT2D eigenvalue weighted by atomic mass is 16.7. The molecule has 6 nitrogen and oxygen atoms in total. The van der Waals surface area contributed by atoms with Gasteiger partial charge in [-0.1, -0.05) is 37.6 Å². The Hall–Kier alpha value is -2.37. The molecule has 20 heavy (non-hydrogen) atoms. The summed E-state index contributed by atoms with van der Waals surface area (Å²) in [4.78, 5) is 22.5. The van der Waals surface area contributed by atoms with Gasteiger partial charge in [0, 0.05) is 12.0 Å². The van der Waals surface area contributed by atoms with Crippen LogP contribution in [0.3, 0.4) is 0 Å². The molecule has 1 rings (SSSR count). The zero-order valence-corrected chi connectivity index (χ0v) is 11.3. The molecule has 0 saturated heterocycles. The second kappa shape index (κ2) is 8.68. The summed E-state index contributed by atoms with van der Waals surface area (Å²) in [5, 5.41) is 9.87. The number of carbonyl (C=O) groups excluding carboxylic acids is 2. The van der Waals surface area contributed by atoms with Crippen LogP contribution in [-0.4, -0.2) is 24.7 Å². The second-order valence-electron chi connectivity index (χ2n) is 3.96. The molecule has 0 unspecified atom stereocenters. The van der Waals surface area contributed by atoms with Crippen molar-refractivity contribution in [3.8, 4) is 0 Å². The Bertz CT molecular complexity index is 460. The van der Waals surface area contributed by atoms with Crippen LogP contribution in [0.4, 0.5) is 4.79 Å². The first-order chi connectivity index (χ1) is 9.63. The van der Waals surface area contributed by atoms with Crippen LogP contribution < -0.4 is 5.32 Å². The minimum Gasteiger partial charge on any atom is -0.428 e. The third-order valence-corrected chi connectivity index (χ3v) is 2.38. The molecular weight excluding hydrogens is 260 g/mol. The van der Waals surface area contributed by atoms with E-state index in [0.717, 1.165) is 12.8 Å². The topological polar surface area (TPSA) is 88.5 Å². The maximum Gasteiger partial charge on any atom is 0.415 e. The molecule has 1 amide bonds. The standard InChI is InChI=1S/C14H17N2O4/c1-2-3-9-12(17)19-10-20-14(18)16-13(15)11-7-5-4-6-8-11/h5-8H,2-3,9-10H2,1H3,(H2,15,16,18). The first-order valence-corrected chi connectivity index (χ1v) is 6.28. The number of esters is 1. The molecule has 0 fully saturated rings. The number of amidine groups is 1. The molecule has 1 aromatic rings. The van der Waals surface area contributed by atoms with Crippen molar-refractivity contribution < 1.29 is 19.1 Å². The number of carbonyl (C=O) groups is 2. The van der Waals surface area contributed by atoms with E-state index in [4.69, 9.17) is 10.1 Å². The maximum absolute atomic E-state index is 11.3. The lowest BCUT2D eigenvalue weighted by Crippen LogP contribution is -2.31. The number of ether oxygens (including phenoxy) is 2. The molecule has 0 spiro atoms. The summed E-state index contributed by atoms with van der Waals surface area (Å²) in [6.45, 7) is 1.51. The fourth-order valence-electron chi connectivity index (χ4n) is 1.31. The normalized spacial score (nSPS) is 9.65. The number of hydrogen-bond acceptors (Lipinski definition) is 5. The van der Waals surface area contributed by atoms with Gasteiger partial charge in [-0.2, -0.15) is 0 Å². The molecule has 0 aromatic heterocycles. The van der Waals surface area contributed by atoms with E-state index < -0.39 is 18.9 Å². The van der Waals surface area contributed by atoms with E-state index in [9.17, 15) is 9.59 Å². The summed E-state index contributed by atoms with van der Waals surface area (Å²) in [6.07, 6.45) is 1.09. The molecule has 0 aliphatic rings. The number of amides is 1. The van der Waals surface area contributed by atoms with Gasteiger partial charge in [0.15, 0.2) is 0 Å². The third kappa shape index (κ3) is 5.99. The summed E-state index contributed by atoms with van der Waals surface area (Å²) in [5.41, 5.74) is 0.528. The van der Waals surface area contributed by atoms with E-state index in [1.165, 1.54) is 0 Å². The average Bonchev–Trinajstić information content (AvgIpc) is 2.46. The Morgan fingerprint density at radius 1 is 1.30 bits per heavy atom. The van der Waals surface area contributed by atoms with Crippen molar-refractivity contribution in [2.24, 2.45) is 0 Å². The van der Waals surface area contributed by atoms with Crippen LogP contribution in [0.1, 0.15) is 31.7 Å². The minimum absolute atomic E-state index is 0.0960. The first-order valence-electron chi connectivity index (χ1n) is 6.28. The molecule has 107 valence electrons. The van der Waals surface area contributed by atoms with E-state index in [2.05, 4.69) is 16.1 Å². The van der Waals surface area contributed by atoms with Crippen LogP contribution in [0.5, 0.6) is 0 Å². The van der Waals surface area contributed by atoms with Crippen molar-refractivity contribution in [3.63, 3.8) is 0 Å². The number of alkyl carbamates (subject to hydrolysis) is 1. The Balaban J connectivity index is 2.24. The highest BCUT2D eigenvalue weighted by molar-refractivity contribution is 6.04. The molecule has 0 saturated carbocycles. The molecule has 0 bridgehead atoms. The van der Waals surface area contributed by atoms with Gasteiger partial charge in [0.25, 0.3) is 0 Å². The van der Waals surface area contributed by atoms with Crippen LogP contribution >= 0.6 is 0 Å². The molecule has 6 heteroatoms. The van der Waals surface area contributed by atoms with Crippen molar-refractivity contribution >= 4 is 17.9 Å². The highest BCUT2D eigenvalue weighted by Gasteiger charge is 2.08. The predicted octanol–water partition coefficient (Wildman–Crippen LogP) is 2.23. The van der Waals surface area contributed by atoms with Gasteiger partial charge in [0.1, 0.15) is 5.84 Å². The summed E-state index contributed by atoms with van der Waals surface area (Å²) in [5.74, 6) is -0.505. The molecule has 2 N–H and O–H groups in total. The maximum atomic E-state index is 11.3. The lowest BCUT2D eigenvalue weighted by atomic mass is 10.2. The van der Waals surface area contributed by atoms with Gasteiger partial charge < -0.3 is 9.47 Å². The van der Waals surface area contributed by atoms with E-state index >= 15 is 0 Å². The predicted molar refractivity (Wildman–Crippen MR) is 72.2 cm³/mol. The number of nitrogens with one attached hydrogen (secondary N) is 2. The molecule has 1 aromatic carbocycles. The monoisotopic (exact) mass is 277 g/mol. The van der Waals surface area contributed by atoms with Gasteiger partial charge in [0.2, 0.25) is 6.79 Å². The van der Waals surface area contributed by atoms with Crippen molar-refractivity contribution in [2.45, 2.75) is 26.2 Å². The van der Waals surface area contributed by atoms with Crippen molar-refractivity contribution in [1.82, 2.24) is 5.32 Å². The Kier molecular flexibility index (Phi) is 6.81. The van der Waals surface area contributed by atoms with E-state index in [1.54, 1.807) is 24.3 Å². The summed E-state index contributed by atoms with van der Waals surface area (Å²) < 4.78 is 9.35. The van der Waals surface area contributed by atoms with Crippen molar-refractivity contribution in [3.05, 3.63) is 35.9 Å². The average molecular weight is 277 g/mol. The smallest absolute Gasteiger partial charge is 0.415 e. The zero-order chi connectivity index (χ0) is 14.8. The van der Waals surface area contributed by atoms with Gasteiger partial charge in [-0.05, 0) is 12.5 Å². The lowest BCUT2D eigenvalue weighted by molar-refractivity contribution is -0.151. The SMILES string of the molecule is CCCCC(=O)OCOC(=O)NC(=N)c1cc[c]cc1. The van der Waals surface area contributed by atoms with Crippen LogP contribution in [0, 0.1) is 11.5 Å². The van der Waals surface area contributed by atoms with E-state index in [0.29, 0.717) is 12.0 Å². The Labute approximate surface area is 117 Å². The number of hydrogen-bond donors (Lipinski definition) is 2. The number of unbranched alkanes of at least 4 members (excludes halogenated alkanes) is 1.